The Morgan fingerprint density at radius 1 is 1.16 bits per heavy atom. The fraction of sp³-hybridized carbons (Fsp3) is 0.435. The van der Waals surface area contributed by atoms with E-state index in [0.29, 0.717) is 25.0 Å². The quantitative estimate of drug-likeness (QED) is 0.528. The fourth-order valence-corrected chi connectivity index (χ4v) is 3.68. The van der Waals surface area contributed by atoms with Gasteiger partial charge in [-0.25, -0.2) is 9.97 Å². The number of hydrogen-bond donors (Lipinski definition) is 2. The van der Waals surface area contributed by atoms with Gasteiger partial charge in [-0.2, -0.15) is 0 Å². The first-order chi connectivity index (χ1) is 15.1. The molecule has 8 nitrogen and oxygen atoms in total. The highest BCUT2D eigenvalue weighted by Crippen LogP contribution is 2.30. The average Bonchev–Trinajstić information content (AvgIpc) is 3.12. The molecule has 3 heterocycles. The topological polar surface area (TPSA) is 108 Å². The number of nitrogens with one attached hydrogen (secondary N) is 1. The van der Waals surface area contributed by atoms with Crippen LogP contribution in [0.1, 0.15) is 30.7 Å². The molecule has 3 N–H and O–H groups in total. The standard InChI is InChI=1S/C23H29N5O3/c1-15-22(16(2)31-28-15)20-14-21(25-18-7-11-29-12-8-18)27-23(26-20)17-5-3-6-19(13-17)30-10-4-9-24/h3,5-6,13-14,18H,4,7-12,24H2,1-2H3,(H,25,26,27). The molecule has 0 bridgehead atoms. The SMILES string of the molecule is Cc1noc(C)c1-c1cc(NC2CCOCC2)nc(-c2cccc(OCCCN)c2)n1. The summed E-state index contributed by atoms with van der Waals surface area (Å²) < 4.78 is 16.7. The Balaban J connectivity index is 1.70. The Kier molecular flexibility index (Phi) is 6.79. The largest absolute Gasteiger partial charge is 0.494 e. The Morgan fingerprint density at radius 3 is 2.74 bits per heavy atom. The molecule has 0 aliphatic carbocycles. The Morgan fingerprint density at radius 2 is 2.00 bits per heavy atom. The molecule has 0 unspecified atom stereocenters. The van der Waals surface area contributed by atoms with Crippen molar-refractivity contribution in [3.63, 3.8) is 0 Å². The highest BCUT2D eigenvalue weighted by molar-refractivity contribution is 5.70. The van der Waals surface area contributed by atoms with Gasteiger partial charge in [0, 0.05) is 30.9 Å². The molecule has 164 valence electrons. The van der Waals surface area contributed by atoms with Crippen LogP contribution in [0.2, 0.25) is 0 Å². The van der Waals surface area contributed by atoms with E-state index >= 15 is 0 Å². The van der Waals surface area contributed by atoms with Crippen LogP contribution in [0.15, 0.2) is 34.9 Å². The van der Waals surface area contributed by atoms with Crippen LogP contribution in [-0.4, -0.2) is 47.5 Å². The van der Waals surface area contributed by atoms with E-state index in [0.717, 1.165) is 72.3 Å². The van der Waals surface area contributed by atoms with Crippen LogP contribution in [0.25, 0.3) is 22.6 Å². The number of aryl methyl sites for hydroxylation is 2. The lowest BCUT2D eigenvalue weighted by Gasteiger charge is -2.24. The zero-order chi connectivity index (χ0) is 21.6. The summed E-state index contributed by atoms with van der Waals surface area (Å²) >= 11 is 0. The van der Waals surface area contributed by atoms with Crippen molar-refractivity contribution in [3.8, 4) is 28.4 Å². The van der Waals surface area contributed by atoms with Gasteiger partial charge in [0.15, 0.2) is 5.82 Å². The van der Waals surface area contributed by atoms with Gasteiger partial charge in [-0.05, 0) is 51.8 Å². The van der Waals surface area contributed by atoms with E-state index in [1.165, 1.54) is 0 Å². The van der Waals surface area contributed by atoms with Gasteiger partial charge in [0.05, 0.1) is 23.6 Å². The van der Waals surface area contributed by atoms with Gasteiger partial charge in [0.1, 0.15) is 17.3 Å². The zero-order valence-corrected chi connectivity index (χ0v) is 18.1. The Labute approximate surface area is 182 Å². The molecule has 0 spiro atoms. The van der Waals surface area contributed by atoms with Crippen LogP contribution in [0.5, 0.6) is 5.75 Å². The third-order valence-electron chi connectivity index (χ3n) is 5.30. The minimum atomic E-state index is 0.319. The molecule has 0 amide bonds. The summed E-state index contributed by atoms with van der Waals surface area (Å²) in [6, 6.07) is 10.1. The van der Waals surface area contributed by atoms with Crippen molar-refractivity contribution in [2.75, 3.05) is 31.7 Å². The number of nitrogens with two attached hydrogens (primary N) is 1. The summed E-state index contributed by atoms with van der Waals surface area (Å²) in [5, 5.41) is 7.66. The minimum Gasteiger partial charge on any atom is -0.494 e. The summed E-state index contributed by atoms with van der Waals surface area (Å²) in [5.41, 5.74) is 8.93. The van der Waals surface area contributed by atoms with Gasteiger partial charge in [-0.1, -0.05) is 17.3 Å². The molecular weight excluding hydrogens is 394 g/mol. The Hall–Kier alpha value is -2.97. The molecule has 0 radical (unpaired) electrons. The number of anilines is 1. The van der Waals surface area contributed by atoms with Crippen LogP contribution in [-0.2, 0) is 4.74 Å². The van der Waals surface area contributed by atoms with E-state index in [9.17, 15) is 0 Å². The van der Waals surface area contributed by atoms with E-state index in [1.54, 1.807) is 0 Å². The number of ether oxygens (including phenoxy) is 2. The number of benzene rings is 1. The normalized spacial score (nSPS) is 14.5. The molecule has 4 rings (SSSR count). The predicted octanol–water partition coefficient (Wildman–Crippen LogP) is 3.73. The first-order valence-corrected chi connectivity index (χ1v) is 10.7. The van der Waals surface area contributed by atoms with E-state index in [-0.39, 0.29) is 0 Å². The van der Waals surface area contributed by atoms with Crippen molar-refractivity contribution < 1.29 is 14.0 Å². The molecule has 31 heavy (non-hydrogen) atoms. The minimum absolute atomic E-state index is 0.319. The molecule has 1 aliphatic rings. The number of aromatic nitrogens is 3. The molecule has 3 aromatic rings. The van der Waals surface area contributed by atoms with Crippen molar-refractivity contribution in [2.24, 2.45) is 5.73 Å². The fourth-order valence-electron chi connectivity index (χ4n) is 3.68. The van der Waals surface area contributed by atoms with Crippen molar-refractivity contribution in [3.05, 3.63) is 41.8 Å². The molecule has 2 aromatic heterocycles. The summed E-state index contributed by atoms with van der Waals surface area (Å²) in [6.45, 7) is 6.52. The van der Waals surface area contributed by atoms with Gasteiger partial charge in [-0.15, -0.1) is 0 Å². The maximum absolute atomic E-state index is 5.81. The first-order valence-electron chi connectivity index (χ1n) is 10.7. The lowest BCUT2D eigenvalue weighted by molar-refractivity contribution is 0.0904. The maximum atomic E-state index is 5.81. The Bertz CT molecular complexity index is 995. The molecule has 0 atom stereocenters. The number of hydrogen-bond acceptors (Lipinski definition) is 8. The maximum Gasteiger partial charge on any atom is 0.162 e. The molecule has 8 heteroatoms. The van der Waals surface area contributed by atoms with Gasteiger partial charge < -0.3 is 25.0 Å². The van der Waals surface area contributed by atoms with Crippen LogP contribution in [0.4, 0.5) is 5.82 Å². The third-order valence-corrected chi connectivity index (χ3v) is 5.30. The lowest BCUT2D eigenvalue weighted by Crippen LogP contribution is -2.28. The predicted molar refractivity (Wildman–Crippen MR) is 119 cm³/mol. The molecule has 1 fully saturated rings. The van der Waals surface area contributed by atoms with E-state index < -0.39 is 0 Å². The lowest BCUT2D eigenvalue weighted by atomic mass is 10.1. The monoisotopic (exact) mass is 423 g/mol. The van der Waals surface area contributed by atoms with Crippen LogP contribution in [0, 0.1) is 13.8 Å². The second-order valence-corrected chi connectivity index (χ2v) is 7.71. The average molecular weight is 424 g/mol. The van der Waals surface area contributed by atoms with Crippen molar-refractivity contribution in [1.82, 2.24) is 15.1 Å². The highest BCUT2D eigenvalue weighted by atomic mass is 16.5. The summed E-state index contributed by atoms with van der Waals surface area (Å²) in [7, 11) is 0. The highest BCUT2D eigenvalue weighted by Gasteiger charge is 2.19. The van der Waals surface area contributed by atoms with Crippen LogP contribution in [0.3, 0.4) is 0 Å². The summed E-state index contributed by atoms with van der Waals surface area (Å²) in [5.74, 6) is 2.91. The molecule has 0 saturated carbocycles. The molecule has 1 aliphatic heterocycles. The van der Waals surface area contributed by atoms with Crippen molar-refractivity contribution >= 4 is 5.82 Å². The van der Waals surface area contributed by atoms with Gasteiger partial charge in [0.2, 0.25) is 0 Å². The number of nitrogens with zero attached hydrogens (tertiary/aromatic N) is 3. The molecule has 1 aromatic carbocycles. The van der Waals surface area contributed by atoms with Crippen LogP contribution >= 0.6 is 0 Å². The first kappa shape index (κ1) is 21.3. The third kappa shape index (κ3) is 5.21. The molecule has 1 saturated heterocycles. The van der Waals surface area contributed by atoms with Crippen molar-refractivity contribution in [2.45, 2.75) is 39.2 Å². The van der Waals surface area contributed by atoms with E-state index in [4.69, 9.17) is 29.7 Å². The molecular formula is C23H29N5O3. The number of rotatable bonds is 8. The summed E-state index contributed by atoms with van der Waals surface area (Å²) in [4.78, 5) is 9.66. The smallest absolute Gasteiger partial charge is 0.162 e. The van der Waals surface area contributed by atoms with Gasteiger partial charge >= 0.3 is 0 Å². The van der Waals surface area contributed by atoms with E-state index in [1.807, 2.05) is 44.2 Å². The van der Waals surface area contributed by atoms with Crippen LogP contribution < -0.4 is 15.8 Å². The second-order valence-electron chi connectivity index (χ2n) is 7.71. The zero-order valence-electron chi connectivity index (χ0n) is 18.1. The van der Waals surface area contributed by atoms with Gasteiger partial charge in [-0.3, -0.25) is 0 Å². The van der Waals surface area contributed by atoms with Crippen molar-refractivity contribution in [1.29, 1.82) is 0 Å². The van der Waals surface area contributed by atoms with Gasteiger partial charge in [0.25, 0.3) is 0 Å². The van der Waals surface area contributed by atoms with E-state index in [2.05, 4.69) is 10.5 Å². The second kappa shape index (κ2) is 9.89. The summed E-state index contributed by atoms with van der Waals surface area (Å²) in [6.07, 6.45) is 2.70.